The minimum Gasteiger partial charge on any atom is -0.375 e. The third-order valence-corrected chi connectivity index (χ3v) is 4.69. The van der Waals surface area contributed by atoms with Gasteiger partial charge in [0.2, 0.25) is 0 Å². The van der Waals surface area contributed by atoms with Crippen molar-refractivity contribution >= 4 is 0 Å². The van der Waals surface area contributed by atoms with E-state index in [1.165, 1.54) is 38.5 Å². The molecular formula is C17H33NO2. The molecule has 2 rings (SSSR count). The molecule has 0 saturated heterocycles. The Balaban J connectivity index is 1.69. The molecule has 118 valence electrons. The maximum Gasteiger partial charge on any atom is 0.0990 e. The van der Waals surface area contributed by atoms with Crippen LogP contribution < -0.4 is 5.32 Å². The Hall–Kier alpha value is -0.120. The Kier molecular flexibility index (Phi) is 7.32. The molecule has 2 aliphatic rings. The van der Waals surface area contributed by atoms with Gasteiger partial charge in [-0.2, -0.15) is 0 Å². The Morgan fingerprint density at radius 2 is 1.80 bits per heavy atom. The predicted molar refractivity (Wildman–Crippen MR) is 83.0 cm³/mol. The smallest absolute Gasteiger partial charge is 0.0990 e. The van der Waals surface area contributed by atoms with Crippen LogP contribution in [0.4, 0.5) is 0 Å². The largest absolute Gasteiger partial charge is 0.375 e. The number of rotatable bonds is 9. The molecule has 2 aliphatic carbocycles. The summed E-state index contributed by atoms with van der Waals surface area (Å²) in [6, 6.07) is 0.512. The van der Waals surface area contributed by atoms with Gasteiger partial charge in [-0.15, -0.1) is 0 Å². The lowest BCUT2D eigenvalue weighted by Crippen LogP contribution is -2.60. The van der Waals surface area contributed by atoms with Crippen molar-refractivity contribution in [3.05, 3.63) is 0 Å². The van der Waals surface area contributed by atoms with Gasteiger partial charge in [0, 0.05) is 19.3 Å². The van der Waals surface area contributed by atoms with E-state index in [0.29, 0.717) is 12.1 Å². The molecule has 0 heterocycles. The highest BCUT2D eigenvalue weighted by Gasteiger charge is 2.42. The van der Waals surface area contributed by atoms with Crippen molar-refractivity contribution in [3.8, 4) is 0 Å². The average Bonchev–Trinajstić information content (AvgIpc) is 2.47. The van der Waals surface area contributed by atoms with E-state index in [0.717, 1.165) is 38.5 Å². The zero-order chi connectivity index (χ0) is 14.2. The maximum atomic E-state index is 6.17. The second-order valence-corrected chi connectivity index (χ2v) is 6.51. The van der Waals surface area contributed by atoms with Gasteiger partial charge in [0.25, 0.3) is 0 Å². The third kappa shape index (κ3) is 4.71. The van der Waals surface area contributed by atoms with Gasteiger partial charge in [-0.25, -0.2) is 0 Å². The molecule has 0 spiro atoms. The SMILES string of the molecule is CCCNC1CC(OCC2CCCCC2)C1OCCC. The molecule has 3 unspecified atom stereocenters. The van der Waals surface area contributed by atoms with E-state index in [1.807, 2.05) is 0 Å². The van der Waals surface area contributed by atoms with Gasteiger partial charge in [0.15, 0.2) is 0 Å². The van der Waals surface area contributed by atoms with Crippen molar-refractivity contribution in [2.45, 2.75) is 83.5 Å². The Morgan fingerprint density at radius 1 is 1.00 bits per heavy atom. The van der Waals surface area contributed by atoms with Gasteiger partial charge in [-0.1, -0.05) is 33.1 Å². The lowest BCUT2D eigenvalue weighted by atomic mass is 9.84. The lowest BCUT2D eigenvalue weighted by molar-refractivity contribution is -0.153. The van der Waals surface area contributed by atoms with Crippen LogP contribution in [0.15, 0.2) is 0 Å². The van der Waals surface area contributed by atoms with Crippen LogP contribution in [0.2, 0.25) is 0 Å². The number of nitrogens with one attached hydrogen (secondary N) is 1. The zero-order valence-electron chi connectivity index (χ0n) is 13.4. The van der Waals surface area contributed by atoms with E-state index in [1.54, 1.807) is 0 Å². The van der Waals surface area contributed by atoms with Crippen LogP contribution in [0.3, 0.4) is 0 Å². The number of ether oxygens (including phenoxy) is 2. The van der Waals surface area contributed by atoms with Crippen LogP contribution in [0.1, 0.15) is 65.2 Å². The second-order valence-electron chi connectivity index (χ2n) is 6.51. The van der Waals surface area contributed by atoms with Gasteiger partial charge in [-0.3, -0.25) is 0 Å². The molecule has 0 aromatic heterocycles. The molecule has 0 amide bonds. The van der Waals surface area contributed by atoms with E-state index in [-0.39, 0.29) is 6.10 Å². The minimum atomic E-state index is 0.282. The molecule has 0 aromatic rings. The minimum absolute atomic E-state index is 0.282. The van der Waals surface area contributed by atoms with Crippen molar-refractivity contribution < 1.29 is 9.47 Å². The summed E-state index contributed by atoms with van der Waals surface area (Å²) in [5.74, 6) is 0.804. The summed E-state index contributed by atoms with van der Waals surface area (Å²) in [4.78, 5) is 0. The molecule has 3 heteroatoms. The van der Waals surface area contributed by atoms with Crippen molar-refractivity contribution in [2.24, 2.45) is 5.92 Å². The molecule has 0 radical (unpaired) electrons. The fourth-order valence-corrected chi connectivity index (χ4v) is 3.36. The zero-order valence-corrected chi connectivity index (χ0v) is 13.4. The lowest BCUT2D eigenvalue weighted by Gasteiger charge is -2.45. The fraction of sp³-hybridized carbons (Fsp3) is 1.00. The van der Waals surface area contributed by atoms with Crippen molar-refractivity contribution in [2.75, 3.05) is 19.8 Å². The summed E-state index contributed by atoms with van der Waals surface area (Å²) in [6.07, 6.45) is 11.0. The first kappa shape index (κ1) is 16.3. The molecule has 3 atom stereocenters. The van der Waals surface area contributed by atoms with Crippen LogP contribution in [0.5, 0.6) is 0 Å². The molecule has 0 aromatic carbocycles. The number of hydrogen-bond donors (Lipinski definition) is 1. The average molecular weight is 283 g/mol. The van der Waals surface area contributed by atoms with Gasteiger partial charge in [-0.05, 0) is 44.6 Å². The first-order valence-electron chi connectivity index (χ1n) is 8.81. The standard InChI is InChI=1S/C17H33NO2/c1-3-10-18-15-12-16(17(15)19-11-4-2)20-13-14-8-6-5-7-9-14/h14-18H,3-13H2,1-2H3. The Labute approximate surface area is 124 Å². The summed E-state index contributed by atoms with van der Waals surface area (Å²) in [6.45, 7) is 7.29. The van der Waals surface area contributed by atoms with E-state index in [9.17, 15) is 0 Å². The van der Waals surface area contributed by atoms with Crippen LogP contribution in [-0.4, -0.2) is 38.0 Å². The van der Waals surface area contributed by atoms with Gasteiger partial charge < -0.3 is 14.8 Å². The highest BCUT2D eigenvalue weighted by molar-refractivity contribution is 4.97. The van der Waals surface area contributed by atoms with Crippen molar-refractivity contribution in [3.63, 3.8) is 0 Å². The van der Waals surface area contributed by atoms with Crippen molar-refractivity contribution in [1.29, 1.82) is 0 Å². The van der Waals surface area contributed by atoms with E-state index in [4.69, 9.17) is 9.47 Å². The van der Waals surface area contributed by atoms with E-state index in [2.05, 4.69) is 19.2 Å². The summed E-state index contributed by atoms with van der Waals surface area (Å²) in [7, 11) is 0. The third-order valence-electron chi connectivity index (χ3n) is 4.69. The molecule has 2 saturated carbocycles. The van der Waals surface area contributed by atoms with Crippen molar-refractivity contribution in [1.82, 2.24) is 5.32 Å². The van der Waals surface area contributed by atoms with Gasteiger partial charge in [0.05, 0.1) is 12.2 Å². The van der Waals surface area contributed by atoms with E-state index < -0.39 is 0 Å². The normalized spacial score (nSPS) is 31.2. The van der Waals surface area contributed by atoms with Crippen LogP contribution in [0.25, 0.3) is 0 Å². The number of hydrogen-bond acceptors (Lipinski definition) is 3. The summed E-state index contributed by atoms with van der Waals surface area (Å²) in [5.41, 5.74) is 0. The molecule has 3 nitrogen and oxygen atoms in total. The van der Waals surface area contributed by atoms with Crippen LogP contribution >= 0.6 is 0 Å². The molecule has 2 fully saturated rings. The molecule has 0 aliphatic heterocycles. The first-order chi connectivity index (χ1) is 9.85. The fourth-order valence-electron chi connectivity index (χ4n) is 3.36. The van der Waals surface area contributed by atoms with Gasteiger partial charge in [0.1, 0.15) is 0 Å². The van der Waals surface area contributed by atoms with Crippen LogP contribution in [-0.2, 0) is 9.47 Å². The highest BCUT2D eigenvalue weighted by Crippen LogP contribution is 2.30. The Bertz CT molecular complexity index is 253. The predicted octanol–water partition coefficient (Wildman–Crippen LogP) is 3.52. The second kappa shape index (κ2) is 9.01. The van der Waals surface area contributed by atoms with Gasteiger partial charge >= 0.3 is 0 Å². The highest BCUT2D eigenvalue weighted by atomic mass is 16.5. The summed E-state index contributed by atoms with van der Waals surface area (Å²) in [5, 5.41) is 3.59. The molecule has 20 heavy (non-hydrogen) atoms. The summed E-state index contributed by atoms with van der Waals surface area (Å²) >= 11 is 0. The maximum absolute atomic E-state index is 6.17. The Morgan fingerprint density at radius 3 is 2.50 bits per heavy atom. The summed E-state index contributed by atoms with van der Waals surface area (Å²) < 4.78 is 12.2. The molecule has 0 bridgehead atoms. The first-order valence-corrected chi connectivity index (χ1v) is 8.81. The molecular weight excluding hydrogens is 250 g/mol. The van der Waals surface area contributed by atoms with E-state index >= 15 is 0 Å². The quantitative estimate of drug-likeness (QED) is 0.702. The van der Waals surface area contributed by atoms with Crippen LogP contribution in [0, 0.1) is 5.92 Å². The molecule has 1 N–H and O–H groups in total. The monoisotopic (exact) mass is 283 g/mol. The topological polar surface area (TPSA) is 30.5 Å².